The zero-order chi connectivity index (χ0) is 17.2. The maximum atomic E-state index is 11.2. The van der Waals surface area contributed by atoms with E-state index in [1.165, 1.54) is 10.7 Å². The van der Waals surface area contributed by atoms with Gasteiger partial charge in [-0.15, -0.1) is 0 Å². The van der Waals surface area contributed by atoms with Crippen molar-refractivity contribution in [3.05, 3.63) is 89.3 Å². The lowest BCUT2D eigenvalue weighted by atomic mass is 10.0. The Morgan fingerprint density at radius 1 is 0.840 bits per heavy atom. The lowest BCUT2D eigenvalue weighted by Crippen LogP contribution is -2.01. The smallest absolute Gasteiger partial charge is 0.247 e. The minimum absolute atomic E-state index is 0.0888. The molecule has 0 unspecified atom stereocenters. The second-order valence-electron chi connectivity index (χ2n) is 5.65. The van der Waals surface area contributed by atoms with Gasteiger partial charge < -0.3 is 10.1 Å². The largest absolute Gasteiger partial charge is 0.493 e. The minimum atomic E-state index is -0.123. The number of H-pyrrole nitrogens is 1. The highest BCUT2D eigenvalue weighted by Gasteiger charge is 2.10. The number of aromatic hydroxyl groups is 1. The van der Waals surface area contributed by atoms with Crippen molar-refractivity contribution >= 4 is 0 Å². The molecule has 0 atom stereocenters. The van der Waals surface area contributed by atoms with Gasteiger partial charge >= 0.3 is 0 Å². The Bertz CT molecular complexity index is 1040. The van der Waals surface area contributed by atoms with E-state index < -0.39 is 0 Å². The van der Waals surface area contributed by atoms with Crippen molar-refractivity contribution in [2.24, 2.45) is 0 Å². The molecule has 4 aromatic rings. The van der Waals surface area contributed by atoms with Gasteiger partial charge in [0, 0.05) is 23.9 Å². The third-order valence-corrected chi connectivity index (χ3v) is 3.99. The van der Waals surface area contributed by atoms with Gasteiger partial charge in [0.1, 0.15) is 0 Å². The normalized spacial score (nSPS) is 10.7. The summed E-state index contributed by atoms with van der Waals surface area (Å²) in [6.45, 7) is 0. The van der Waals surface area contributed by atoms with Crippen LogP contribution in [0.5, 0.6) is 5.88 Å². The molecular weight excluding hydrogens is 314 g/mol. The molecule has 0 saturated carbocycles. The van der Waals surface area contributed by atoms with Crippen LogP contribution < -0.4 is 5.56 Å². The van der Waals surface area contributed by atoms with Gasteiger partial charge in [0.05, 0.1) is 11.4 Å². The lowest BCUT2D eigenvalue weighted by molar-refractivity contribution is 0.433. The first-order valence-corrected chi connectivity index (χ1v) is 7.85. The molecule has 25 heavy (non-hydrogen) atoms. The first-order valence-electron chi connectivity index (χ1n) is 7.85. The summed E-state index contributed by atoms with van der Waals surface area (Å²) in [6, 6.07) is 22.2. The number of aromatic nitrogens is 3. The van der Waals surface area contributed by atoms with Crippen LogP contribution in [0.15, 0.2) is 83.8 Å². The van der Waals surface area contributed by atoms with E-state index in [2.05, 4.69) is 10.1 Å². The van der Waals surface area contributed by atoms with Gasteiger partial charge in [0.25, 0.3) is 0 Å². The number of benzene rings is 2. The molecular formula is C20H15N3O2. The maximum absolute atomic E-state index is 11.2. The summed E-state index contributed by atoms with van der Waals surface area (Å²) in [7, 11) is 0. The van der Waals surface area contributed by atoms with Crippen molar-refractivity contribution in [3.8, 4) is 34.0 Å². The van der Waals surface area contributed by atoms with E-state index in [0.717, 1.165) is 22.4 Å². The van der Waals surface area contributed by atoms with Gasteiger partial charge in [-0.2, -0.15) is 5.10 Å². The Morgan fingerprint density at radius 3 is 2.20 bits per heavy atom. The highest BCUT2D eigenvalue weighted by Crippen LogP contribution is 2.27. The van der Waals surface area contributed by atoms with Crippen molar-refractivity contribution < 1.29 is 5.11 Å². The van der Waals surface area contributed by atoms with Crippen molar-refractivity contribution in [3.63, 3.8) is 0 Å². The molecule has 4 rings (SSSR count). The van der Waals surface area contributed by atoms with Crippen LogP contribution in [0.4, 0.5) is 0 Å². The second kappa shape index (κ2) is 6.13. The highest BCUT2D eigenvalue weighted by atomic mass is 16.3. The van der Waals surface area contributed by atoms with Gasteiger partial charge in [-0.3, -0.25) is 4.79 Å². The zero-order valence-electron chi connectivity index (χ0n) is 13.3. The summed E-state index contributed by atoms with van der Waals surface area (Å²) in [5, 5.41) is 14.7. The van der Waals surface area contributed by atoms with Gasteiger partial charge in [-0.25, -0.2) is 4.68 Å². The van der Waals surface area contributed by atoms with Gasteiger partial charge in [-0.05, 0) is 29.3 Å². The van der Waals surface area contributed by atoms with Crippen molar-refractivity contribution in [1.82, 2.24) is 14.8 Å². The summed E-state index contributed by atoms with van der Waals surface area (Å²) in [4.78, 5) is 13.8. The quantitative estimate of drug-likeness (QED) is 0.603. The van der Waals surface area contributed by atoms with Crippen LogP contribution >= 0.6 is 0 Å². The molecule has 5 nitrogen and oxygen atoms in total. The van der Waals surface area contributed by atoms with Crippen LogP contribution in [-0.2, 0) is 0 Å². The molecule has 0 spiro atoms. The van der Waals surface area contributed by atoms with E-state index in [0.29, 0.717) is 5.69 Å². The zero-order valence-corrected chi connectivity index (χ0v) is 13.3. The number of hydrogen-bond donors (Lipinski definition) is 2. The Hall–Kier alpha value is -3.60. The molecule has 2 aromatic carbocycles. The van der Waals surface area contributed by atoms with Crippen molar-refractivity contribution in [1.29, 1.82) is 0 Å². The van der Waals surface area contributed by atoms with E-state index in [9.17, 15) is 9.90 Å². The molecule has 0 aliphatic carbocycles. The molecule has 122 valence electrons. The van der Waals surface area contributed by atoms with Crippen molar-refractivity contribution in [2.75, 3.05) is 0 Å². The molecule has 0 aliphatic heterocycles. The average molecular weight is 329 g/mol. The number of nitrogens with zero attached hydrogens (tertiary/aromatic N) is 2. The Morgan fingerprint density at radius 2 is 1.52 bits per heavy atom. The van der Waals surface area contributed by atoms with Crippen LogP contribution in [0.2, 0.25) is 0 Å². The summed E-state index contributed by atoms with van der Waals surface area (Å²) in [6.07, 6.45) is 1.69. The van der Waals surface area contributed by atoms with E-state index in [-0.39, 0.29) is 11.4 Å². The fourth-order valence-corrected chi connectivity index (χ4v) is 2.70. The fourth-order valence-electron chi connectivity index (χ4n) is 2.70. The molecule has 0 fully saturated rings. The van der Waals surface area contributed by atoms with Crippen LogP contribution in [0.25, 0.3) is 28.1 Å². The van der Waals surface area contributed by atoms with E-state index in [1.54, 1.807) is 18.3 Å². The second-order valence-corrected chi connectivity index (χ2v) is 5.65. The van der Waals surface area contributed by atoms with E-state index >= 15 is 0 Å². The van der Waals surface area contributed by atoms with Crippen molar-refractivity contribution in [2.45, 2.75) is 0 Å². The molecule has 0 saturated heterocycles. The molecule has 2 heterocycles. The summed E-state index contributed by atoms with van der Waals surface area (Å²) < 4.78 is 1.51. The van der Waals surface area contributed by atoms with Gasteiger partial charge in [-0.1, -0.05) is 42.5 Å². The molecule has 2 N–H and O–H groups in total. The van der Waals surface area contributed by atoms with Gasteiger partial charge in [0.15, 0.2) is 0 Å². The first-order chi connectivity index (χ1) is 12.2. The van der Waals surface area contributed by atoms with Crippen LogP contribution in [0.1, 0.15) is 0 Å². The van der Waals surface area contributed by atoms with Gasteiger partial charge in [0.2, 0.25) is 11.4 Å². The Labute approximate surface area is 143 Å². The van der Waals surface area contributed by atoms with E-state index in [4.69, 9.17) is 0 Å². The molecule has 2 aromatic heterocycles. The number of nitrogens with one attached hydrogen (secondary N) is 1. The predicted molar refractivity (Wildman–Crippen MR) is 96.7 cm³/mol. The molecule has 5 heteroatoms. The molecule has 0 aliphatic rings. The Balaban J connectivity index is 1.67. The number of pyridine rings is 1. The van der Waals surface area contributed by atoms with Crippen LogP contribution in [-0.4, -0.2) is 19.9 Å². The minimum Gasteiger partial charge on any atom is -0.493 e. The third-order valence-electron chi connectivity index (χ3n) is 3.99. The predicted octanol–water partition coefficient (Wildman–Crippen LogP) is 3.60. The highest BCUT2D eigenvalue weighted by molar-refractivity contribution is 5.68. The average Bonchev–Trinajstić information content (AvgIpc) is 3.05. The maximum Gasteiger partial charge on any atom is 0.247 e. The lowest BCUT2D eigenvalue weighted by Gasteiger charge is -2.03. The standard InChI is InChI=1S/C20H15N3O2/c24-19-11-10-16(13-21-19)14-6-8-15(9-7-14)18-12-20(25)23(22-18)17-4-2-1-3-5-17/h1-13,25H,(H,21,24). The molecule has 0 amide bonds. The van der Waals surface area contributed by atoms with Crippen LogP contribution in [0, 0.1) is 0 Å². The first kappa shape index (κ1) is 15.0. The fraction of sp³-hybridized carbons (Fsp3) is 0. The molecule has 0 radical (unpaired) electrons. The monoisotopic (exact) mass is 329 g/mol. The topological polar surface area (TPSA) is 70.9 Å². The summed E-state index contributed by atoms with van der Waals surface area (Å²) in [5.74, 6) is 0.0888. The number of para-hydroxylation sites is 1. The third kappa shape index (κ3) is 2.95. The summed E-state index contributed by atoms with van der Waals surface area (Å²) in [5.41, 5.74) is 4.20. The molecule has 0 bridgehead atoms. The Kier molecular flexibility index (Phi) is 3.67. The SMILES string of the molecule is O=c1ccc(-c2ccc(-c3cc(O)n(-c4ccccc4)n3)cc2)c[nH]1. The number of aromatic amines is 1. The number of rotatable bonds is 3. The van der Waals surface area contributed by atoms with Crippen LogP contribution in [0.3, 0.4) is 0 Å². The van der Waals surface area contributed by atoms with E-state index in [1.807, 2.05) is 54.6 Å². The summed E-state index contributed by atoms with van der Waals surface area (Å²) >= 11 is 0. The number of hydrogen-bond acceptors (Lipinski definition) is 3.